The van der Waals surface area contributed by atoms with Crippen molar-refractivity contribution in [3.8, 4) is 5.75 Å². The van der Waals surface area contributed by atoms with E-state index in [4.69, 9.17) is 14.2 Å². The third kappa shape index (κ3) is 3.36. The van der Waals surface area contributed by atoms with Crippen LogP contribution in [0.1, 0.15) is 20.3 Å². The summed E-state index contributed by atoms with van der Waals surface area (Å²) < 4.78 is 15.6. The second-order valence-corrected chi connectivity index (χ2v) is 5.60. The molecule has 0 radical (unpaired) electrons. The summed E-state index contributed by atoms with van der Waals surface area (Å²) in [6.07, 6.45) is 0.487. The van der Waals surface area contributed by atoms with Crippen molar-refractivity contribution in [1.29, 1.82) is 0 Å². The first-order chi connectivity index (χ1) is 10.1. The third-order valence-corrected chi connectivity index (χ3v) is 3.59. The summed E-state index contributed by atoms with van der Waals surface area (Å²) >= 11 is 0. The Morgan fingerprint density at radius 3 is 2.38 bits per heavy atom. The van der Waals surface area contributed by atoms with Crippen LogP contribution in [0.2, 0.25) is 0 Å². The van der Waals surface area contributed by atoms with Crippen molar-refractivity contribution >= 4 is 11.6 Å². The van der Waals surface area contributed by atoms with Gasteiger partial charge in [-0.2, -0.15) is 0 Å². The summed E-state index contributed by atoms with van der Waals surface area (Å²) in [6.45, 7) is 4.42. The molecule has 0 spiro atoms. The summed E-state index contributed by atoms with van der Waals surface area (Å²) in [4.78, 5) is 14.1. The number of ether oxygens (including phenoxy) is 3. The largest absolute Gasteiger partial charge is 0.497 e. The second-order valence-electron chi connectivity index (χ2n) is 5.60. The molecule has 1 heterocycles. The molecular formula is C16H23NO4. The molecule has 5 heteroatoms. The molecule has 2 atom stereocenters. The molecule has 1 aromatic rings. The molecule has 0 saturated carbocycles. The fourth-order valence-corrected chi connectivity index (χ4v) is 2.62. The lowest BCUT2D eigenvalue weighted by Crippen LogP contribution is -2.66. The molecular weight excluding hydrogens is 270 g/mol. The van der Waals surface area contributed by atoms with Gasteiger partial charge in [0.15, 0.2) is 6.10 Å². The number of amides is 1. The van der Waals surface area contributed by atoms with Crippen LogP contribution < -0.4 is 9.64 Å². The van der Waals surface area contributed by atoms with Crippen LogP contribution in [0.3, 0.4) is 0 Å². The second kappa shape index (κ2) is 6.91. The van der Waals surface area contributed by atoms with E-state index in [1.807, 2.05) is 24.3 Å². The number of carbonyl (C=O) groups is 1. The van der Waals surface area contributed by atoms with Crippen LogP contribution in [-0.2, 0) is 14.3 Å². The maximum absolute atomic E-state index is 12.3. The topological polar surface area (TPSA) is 48.0 Å². The first kappa shape index (κ1) is 15.8. The lowest BCUT2D eigenvalue weighted by Gasteiger charge is -2.47. The first-order valence-corrected chi connectivity index (χ1v) is 7.16. The number of nitrogens with zero attached hydrogens (tertiary/aromatic N) is 1. The maximum Gasteiger partial charge on any atom is 0.258 e. The van der Waals surface area contributed by atoms with Gasteiger partial charge >= 0.3 is 0 Å². The molecule has 0 aromatic heterocycles. The van der Waals surface area contributed by atoms with Crippen LogP contribution in [0.25, 0.3) is 0 Å². The number of benzene rings is 1. The van der Waals surface area contributed by atoms with Gasteiger partial charge in [-0.1, -0.05) is 13.8 Å². The molecule has 21 heavy (non-hydrogen) atoms. The highest BCUT2D eigenvalue weighted by Gasteiger charge is 2.49. The minimum absolute atomic E-state index is 0.0112. The number of carbonyl (C=O) groups excluding carboxylic acids is 1. The Hall–Kier alpha value is -1.59. The van der Waals surface area contributed by atoms with Gasteiger partial charge in [0.25, 0.3) is 5.91 Å². The van der Waals surface area contributed by atoms with Crippen LogP contribution in [0.5, 0.6) is 5.75 Å². The van der Waals surface area contributed by atoms with E-state index in [2.05, 4.69) is 13.8 Å². The van der Waals surface area contributed by atoms with Crippen LogP contribution in [0, 0.1) is 5.92 Å². The number of β-lactam (4-membered cyclic amide) rings is 1. The minimum atomic E-state index is -0.408. The Morgan fingerprint density at radius 2 is 1.86 bits per heavy atom. The molecule has 0 aliphatic carbocycles. The van der Waals surface area contributed by atoms with Crippen molar-refractivity contribution in [2.75, 3.05) is 25.9 Å². The van der Waals surface area contributed by atoms with E-state index in [0.29, 0.717) is 5.92 Å². The Balaban J connectivity index is 2.14. The standard InChI is InChI=1S/C16H23NO4/c1-11(2)9-14-15(21-10-19-3)16(18)17(14)12-5-7-13(20-4)8-6-12/h5-8,11,14-15H,9-10H2,1-4H3/t14-,15+/m0/s1. The maximum atomic E-state index is 12.3. The molecule has 116 valence electrons. The van der Waals surface area contributed by atoms with E-state index in [1.165, 1.54) is 0 Å². The summed E-state index contributed by atoms with van der Waals surface area (Å²) in [5.74, 6) is 1.25. The zero-order valence-electron chi connectivity index (χ0n) is 13.0. The fraction of sp³-hybridized carbons (Fsp3) is 0.562. The number of rotatable bonds is 7. The Bertz CT molecular complexity index is 472. The van der Waals surface area contributed by atoms with Crippen molar-refractivity contribution in [2.45, 2.75) is 32.4 Å². The van der Waals surface area contributed by atoms with Gasteiger partial charge in [0.2, 0.25) is 0 Å². The molecule has 1 aliphatic rings. The van der Waals surface area contributed by atoms with E-state index in [-0.39, 0.29) is 18.7 Å². The fourth-order valence-electron chi connectivity index (χ4n) is 2.62. The van der Waals surface area contributed by atoms with Gasteiger partial charge in [-0.05, 0) is 36.6 Å². The zero-order valence-corrected chi connectivity index (χ0v) is 13.0. The van der Waals surface area contributed by atoms with E-state index >= 15 is 0 Å². The van der Waals surface area contributed by atoms with E-state index in [9.17, 15) is 4.79 Å². The van der Waals surface area contributed by atoms with E-state index < -0.39 is 6.10 Å². The van der Waals surface area contributed by atoms with E-state index in [0.717, 1.165) is 17.9 Å². The van der Waals surface area contributed by atoms with Gasteiger partial charge in [0, 0.05) is 12.8 Å². The van der Waals surface area contributed by atoms with Gasteiger partial charge in [-0.15, -0.1) is 0 Å². The van der Waals surface area contributed by atoms with Crippen molar-refractivity contribution in [2.24, 2.45) is 5.92 Å². The quantitative estimate of drug-likeness (QED) is 0.572. The lowest BCUT2D eigenvalue weighted by molar-refractivity contribution is -0.155. The molecule has 1 saturated heterocycles. The molecule has 1 aromatic carbocycles. The molecule has 1 fully saturated rings. The lowest BCUT2D eigenvalue weighted by atomic mass is 9.89. The normalized spacial score (nSPS) is 21.6. The molecule has 0 unspecified atom stereocenters. The Labute approximate surface area is 125 Å². The SMILES string of the molecule is COCO[C@H]1C(=O)N(c2ccc(OC)cc2)[C@H]1CC(C)C. The van der Waals surface area contributed by atoms with Gasteiger partial charge in [0.1, 0.15) is 12.5 Å². The van der Waals surface area contributed by atoms with E-state index in [1.54, 1.807) is 19.1 Å². The van der Waals surface area contributed by atoms with Crippen LogP contribution >= 0.6 is 0 Å². The minimum Gasteiger partial charge on any atom is -0.497 e. The number of hydrogen-bond acceptors (Lipinski definition) is 4. The van der Waals surface area contributed by atoms with Gasteiger partial charge < -0.3 is 19.1 Å². The molecule has 2 rings (SSSR count). The number of hydrogen-bond donors (Lipinski definition) is 0. The first-order valence-electron chi connectivity index (χ1n) is 7.16. The summed E-state index contributed by atoms with van der Waals surface area (Å²) in [5, 5.41) is 0. The third-order valence-electron chi connectivity index (χ3n) is 3.59. The average Bonchev–Trinajstić information content (AvgIpc) is 2.47. The van der Waals surface area contributed by atoms with Crippen LogP contribution in [0.4, 0.5) is 5.69 Å². The summed E-state index contributed by atoms with van der Waals surface area (Å²) in [7, 11) is 3.18. The molecule has 0 bridgehead atoms. The van der Waals surface area contributed by atoms with Gasteiger partial charge in [-0.3, -0.25) is 4.79 Å². The predicted molar refractivity (Wildman–Crippen MR) is 80.5 cm³/mol. The Kier molecular flexibility index (Phi) is 5.20. The van der Waals surface area contributed by atoms with Gasteiger partial charge in [-0.25, -0.2) is 0 Å². The monoisotopic (exact) mass is 293 g/mol. The van der Waals surface area contributed by atoms with Crippen LogP contribution in [-0.4, -0.2) is 39.1 Å². The van der Waals surface area contributed by atoms with Crippen LogP contribution in [0.15, 0.2) is 24.3 Å². The predicted octanol–water partition coefficient (Wildman–Crippen LogP) is 2.45. The van der Waals surface area contributed by atoms with Gasteiger partial charge in [0.05, 0.1) is 13.2 Å². The highest BCUT2D eigenvalue weighted by Crippen LogP contribution is 2.34. The molecule has 1 aliphatic heterocycles. The highest BCUT2D eigenvalue weighted by molar-refractivity contribution is 6.04. The number of methoxy groups -OCH3 is 2. The van der Waals surface area contributed by atoms with Crippen molar-refractivity contribution < 1.29 is 19.0 Å². The number of anilines is 1. The Morgan fingerprint density at radius 1 is 1.19 bits per heavy atom. The average molecular weight is 293 g/mol. The van der Waals surface area contributed by atoms with Crippen molar-refractivity contribution in [3.63, 3.8) is 0 Å². The zero-order chi connectivity index (χ0) is 15.4. The molecule has 0 N–H and O–H groups in total. The summed E-state index contributed by atoms with van der Waals surface area (Å²) in [6, 6.07) is 7.57. The smallest absolute Gasteiger partial charge is 0.258 e. The summed E-state index contributed by atoms with van der Waals surface area (Å²) in [5.41, 5.74) is 0.878. The highest BCUT2D eigenvalue weighted by atomic mass is 16.7. The molecule has 1 amide bonds. The van der Waals surface area contributed by atoms with Crippen molar-refractivity contribution in [1.82, 2.24) is 0 Å². The molecule has 5 nitrogen and oxygen atoms in total. The van der Waals surface area contributed by atoms with Crippen molar-refractivity contribution in [3.05, 3.63) is 24.3 Å².